The van der Waals surface area contributed by atoms with Crippen LogP contribution in [0.1, 0.15) is 48.7 Å². The number of hydrogen-bond donors (Lipinski definition) is 2. The van der Waals surface area contributed by atoms with Gasteiger partial charge in [0.2, 0.25) is 0 Å². The molecular formula is C20H28ClN3O2. The molecule has 2 heterocycles. The highest BCUT2D eigenvalue weighted by molar-refractivity contribution is 5.98. The lowest BCUT2D eigenvalue weighted by molar-refractivity contribution is 0.0942. The fourth-order valence-electron chi connectivity index (χ4n) is 3.60. The molecule has 0 saturated carbocycles. The smallest absolute Gasteiger partial charge is 0.264 e. The van der Waals surface area contributed by atoms with Gasteiger partial charge in [-0.1, -0.05) is 12.1 Å². The molecule has 1 fully saturated rings. The van der Waals surface area contributed by atoms with E-state index in [-0.39, 0.29) is 35.5 Å². The molecule has 0 aliphatic carbocycles. The molecule has 26 heavy (non-hydrogen) atoms. The van der Waals surface area contributed by atoms with E-state index < -0.39 is 0 Å². The number of amides is 1. The van der Waals surface area contributed by atoms with Crippen molar-refractivity contribution in [3.05, 3.63) is 45.7 Å². The Hall–Kier alpha value is -1.85. The lowest BCUT2D eigenvalue weighted by Gasteiger charge is -2.23. The first-order valence-corrected chi connectivity index (χ1v) is 9.13. The van der Waals surface area contributed by atoms with Crippen LogP contribution in [-0.2, 0) is 0 Å². The first-order valence-electron chi connectivity index (χ1n) is 9.13. The molecule has 1 aliphatic rings. The summed E-state index contributed by atoms with van der Waals surface area (Å²) in [6, 6.07) is 7.65. The van der Waals surface area contributed by atoms with Crippen molar-refractivity contribution in [2.45, 2.75) is 39.7 Å². The molecule has 5 nitrogen and oxygen atoms in total. The van der Waals surface area contributed by atoms with Crippen LogP contribution >= 0.6 is 12.4 Å². The summed E-state index contributed by atoms with van der Waals surface area (Å²) in [7, 11) is 0. The van der Waals surface area contributed by atoms with Gasteiger partial charge < -0.3 is 15.2 Å². The summed E-state index contributed by atoms with van der Waals surface area (Å²) in [5.74, 6) is 0.225. The predicted molar refractivity (Wildman–Crippen MR) is 109 cm³/mol. The van der Waals surface area contributed by atoms with Gasteiger partial charge in [0, 0.05) is 18.0 Å². The summed E-state index contributed by atoms with van der Waals surface area (Å²) in [6.45, 7) is 8.58. The Kier molecular flexibility index (Phi) is 6.84. The minimum Gasteiger partial charge on any atom is -0.352 e. The van der Waals surface area contributed by atoms with Crippen LogP contribution in [-0.4, -0.2) is 30.1 Å². The number of piperidine rings is 1. The molecule has 6 heteroatoms. The standard InChI is InChI=1S/C20H27N3O2.ClH/c1-13(2)23-18-6-4-5-14(3)16(18)11-17(20(23)25)19(24)22-12-15-7-9-21-10-8-15;/h4-6,11,13,15,21H,7-10,12H2,1-3H3,(H,22,24);1H. The van der Waals surface area contributed by atoms with Gasteiger partial charge in [-0.2, -0.15) is 0 Å². The second-order valence-electron chi connectivity index (χ2n) is 7.24. The van der Waals surface area contributed by atoms with Crippen molar-refractivity contribution < 1.29 is 4.79 Å². The normalized spacial score (nSPS) is 15.1. The van der Waals surface area contributed by atoms with Crippen LogP contribution in [0.5, 0.6) is 0 Å². The Morgan fingerprint density at radius 1 is 1.31 bits per heavy atom. The first-order chi connectivity index (χ1) is 12.0. The van der Waals surface area contributed by atoms with E-state index in [9.17, 15) is 9.59 Å². The quantitative estimate of drug-likeness (QED) is 0.860. The van der Waals surface area contributed by atoms with E-state index >= 15 is 0 Å². The first kappa shape index (κ1) is 20.5. The Balaban J connectivity index is 0.00000243. The number of nitrogens with zero attached hydrogens (tertiary/aromatic N) is 1. The highest BCUT2D eigenvalue weighted by Crippen LogP contribution is 2.21. The number of pyridine rings is 1. The zero-order valence-corrected chi connectivity index (χ0v) is 16.5. The van der Waals surface area contributed by atoms with Crippen molar-refractivity contribution in [1.29, 1.82) is 0 Å². The third-order valence-corrected chi connectivity index (χ3v) is 5.07. The van der Waals surface area contributed by atoms with Gasteiger partial charge in [0.1, 0.15) is 5.56 Å². The molecule has 1 aliphatic heterocycles. The van der Waals surface area contributed by atoms with E-state index in [1.54, 1.807) is 10.6 Å². The SMILES string of the molecule is Cc1cccc2c1cc(C(=O)NCC1CCNCC1)c(=O)n2C(C)C.Cl. The Bertz CT molecular complexity index is 839. The minimum absolute atomic E-state index is 0. The molecule has 1 amide bonds. The molecule has 1 saturated heterocycles. The van der Waals surface area contributed by atoms with Gasteiger partial charge >= 0.3 is 0 Å². The van der Waals surface area contributed by atoms with Crippen molar-refractivity contribution >= 4 is 29.2 Å². The molecule has 2 aromatic rings. The van der Waals surface area contributed by atoms with Gasteiger partial charge in [-0.05, 0) is 70.3 Å². The monoisotopic (exact) mass is 377 g/mol. The summed E-state index contributed by atoms with van der Waals surface area (Å²) >= 11 is 0. The number of carbonyl (C=O) groups excluding carboxylic acids is 1. The van der Waals surface area contributed by atoms with Crippen LogP contribution in [0.3, 0.4) is 0 Å². The maximum atomic E-state index is 12.9. The molecule has 0 atom stereocenters. The summed E-state index contributed by atoms with van der Waals surface area (Å²) in [4.78, 5) is 25.6. The van der Waals surface area contributed by atoms with Crippen LogP contribution in [0.25, 0.3) is 10.9 Å². The molecule has 0 radical (unpaired) electrons. The number of nitrogens with one attached hydrogen (secondary N) is 2. The summed E-state index contributed by atoms with van der Waals surface area (Å²) < 4.78 is 1.72. The van der Waals surface area contributed by atoms with Crippen molar-refractivity contribution in [2.24, 2.45) is 5.92 Å². The molecule has 1 aromatic heterocycles. The van der Waals surface area contributed by atoms with Gasteiger partial charge in [-0.3, -0.25) is 9.59 Å². The number of benzene rings is 1. The number of hydrogen-bond acceptors (Lipinski definition) is 3. The summed E-state index contributed by atoms with van der Waals surface area (Å²) in [6.07, 6.45) is 2.13. The third-order valence-electron chi connectivity index (χ3n) is 5.07. The molecule has 3 rings (SSSR count). The molecule has 0 bridgehead atoms. The average molecular weight is 378 g/mol. The fraction of sp³-hybridized carbons (Fsp3) is 0.500. The third kappa shape index (κ3) is 4.10. The highest BCUT2D eigenvalue weighted by Gasteiger charge is 2.19. The highest BCUT2D eigenvalue weighted by atomic mass is 35.5. The molecule has 0 spiro atoms. The van der Waals surface area contributed by atoms with Gasteiger partial charge in [0.25, 0.3) is 11.5 Å². The molecule has 142 valence electrons. The molecule has 2 N–H and O–H groups in total. The average Bonchev–Trinajstić information content (AvgIpc) is 2.60. The van der Waals surface area contributed by atoms with Crippen molar-refractivity contribution in [1.82, 2.24) is 15.2 Å². The van der Waals surface area contributed by atoms with Gasteiger partial charge in [-0.25, -0.2) is 0 Å². The maximum absolute atomic E-state index is 12.9. The van der Waals surface area contributed by atoms with E-state index in [0.29, 0.717) is 12.5 Å². The molecular weight excluding hydrogens is 350 g/mol. The van der Waals surface area contributed by atoms with E-state index in [1.807, 2.05) is 39.0 Å². The largest absolute Gasteiger partial charge is 0.352 e. The van der Waals surface area contributed by atoms with Crippen LogP contribution in [0, 0.1) is 12.8 Å². The molecule has 1 aromatic carbocycles. The number of halogens is 1. The van der Waals surface area contributed by atoms with E-state index in [4.69, 9.17) is 0 Å². The van der Waals surface area contributed by atoms with Crippen molar-refractivity contribution in [2.75, 3.05) is 19.6 Å². The van der Waals surface area contributed by atoms with Crippen LogP contribution in [0.15, 0.2) is 29.1 Å². The predicted octanol–water partition coefficient (Wildman–Crippen LogP) is 3.04. The number of rotatable bonds is 4. The van der Waals surface area contributed by atoms with Crippen LogP contribution in [0.4, 0.5) is 0 Å². The maximum Gasteiger partial charge on any atom is 0.264 e. The van der Waals surface area contributed by atoms with E-state index in [1.165, 1.54) is 0 Å². The molecule has 0 unspecified atom stereocenters. The lowest BCUT2D eigenvalue weighted by atomic mass is 9.98. The zero-order chi connectivity index (χ0) is 18.0. The minimum atomic E-state index is -0.261. The Morgan fingerprint density at radius 2 is 2.00 bits per heavy atom. The number of fused-ring (bicyclic) bond motifs is 1. The number of carbonyl (C=O) groups is 1. The second-order valence-corrected chi connectivity index (χ2v) is 7.24. The zero-order valence-electron chi connectivity index (χ0n) is 15.7. The number of aromatic nitrogens is 1. The van der Waals surface area contributed by atoms with E-state index in [2.05, 4.69) is 10.6 Å². The van der Waals surface area contributed by atoms with Gasteiger partial charge in [0.15, 0.2) is 0 Å². The fourth-order valence-corrected chi connectivity index (χ4v) is 3.60. The topological polar surface area (TPSA) is 63.1 Å². The van der Waals surface area contributed by atoms with Gasteiger partial charge in [-0.15, -0.1) is 12.4 Å². The van der Waals surface area contributed by atoms with E-state index in [0.717, 1.165) is 42.4 Å². The van der Waals surface area contributed by atoms with Crippen LogP contribution in [0.2, 0.25) is 0 Å². The Labute approximate surface area is 160 Å². The van der Waals surface area contributed by atoms with Crippen molar-refractivity contribution in [3.63, 3.8) is 0 Å². The van der Waals surface area contributed by atoms with Gasteiger partial charge in [0.05, 0.1) is 5.52 Å². The van der Waals surface area contributed by atoms with Crippen molar-refractivity contribution in [3.8, 4) is 0 Å². The lowest BCUT2D eigenvalue weighted by Crippen LogP contribution is -2.38. The second kappa shape index (κ2) is 8.69. The number of aryl methyl sites for hydroxylation is 1. The summed E-state index contributed by atoms with van der Waals surface area (Å²) in [5, 5.41) is 7.26. The van der Waals surface area contributed by atoms with Crippen LogP contribution < -0.4 is 16.2 Å². The summed E-state index contributed by atoms with van der Waals surface area (Å²) in [5.41, 5.74) is 1.98. The Morgan fingerprint density at radius 3 is 2.65 bits per heavy atom.